The van der Waals surface area contributed by atoms with Crippen LogP contribution in [0.25, 0.3) is 16.9 Å². The molecule has 0 N–H and O–H groups in total. The molecule has 9 nitrogen and oxygen atoms in total. The Balaban J connectivity index is 1.65. The van der Waals surface area contributed by atoms with Crippen molar-refractivity contribution in [2.75, 3.05) is 32.8 Å². The van der Waals surface area contributed by atoms with Crippen molar-refractivity contribution in [2.45, 2.75) is 58.5 Å². The van der Waals surface area contributed by atoms with Crippen molar-refractivity contribution in [1.82, 2.24) is 28.0 Å². The molecule has 0 radical (unpaired) electrons. The molecule has 0 aromatic carbocycles. The monoisotopic (exact) mass is 428 g/mol. The van der Waals surface area contributed by atoms with E-state index in [0.29, 0.717) is 43.5 Å². The van der Waals surface area contributed by atoms with Gasteiger partial charge in [-0.05, 0) is 26.7 Å². The second-order valence-electron chi connectivity index (χ2n) is 9.00. The maximum atomic E-state index is 13.5. The molecule has 0 bridgehead atoms. The SMILES string of the molecule is Cc1c(C)n2c3c(=O)n(CCN4CCOCC4)c(=O)n(C)c3nc2n1C1CCCCC1. The molecule has 1 aliphatic carbocycles. The van der Waals surface area contributed by atoms with E-state index in [1.54, 1.807) is 7.05 Å². The van der Waals surface area contributed by atoms with Gasteiger partial charge in [0.15, 0.2) is 11.2 Å². The fraction of sp³-hybridized carbons (Fsp3) is 0.682. The van der Waals surface area contributed by atoms with Crippen molar-refractivity contribution in [2.24, 2.45) is 7.05 Å². The second-order valence-corrected chi connectivity index (χ2v) is 9.00. The fourth-order valence-corrected chi connectivity index (χ4v) is 5.31. The zero-order valence-corrected chi connectivity index (χ0v) is 18.8. The predicted octanol–water partition coefficient (Wildman–Crippen LogP) is 1.60. The lowest BCUT2D eigenvalue weighted by Crippen LogP contribution is -2.44. The molecule has 31 heavy (non-hydrogen) atoms. The van der Waals surface area contributed by atoms with Gasteiger partial charge >= 0.3 is 5.69 Å². The van der Waals surface area contributed by atoms with E-state index >= 15 is 0 Å². The normalized spacial score (nSPS) is 19.1. The smallest absolute Gasteiger partial charge is 0.332 e. The highest BCUT2D eigenvalue weighted by Crippen LogP contribution is 2.33. The van der Waals surface area contributed by atoms with E-state index in [1.165, 1.54) is 28.4 Å². The van der Waals surface area contributed by atoms with Crippen LogP contribution in [0.15, 0.2) is 9.59 Å². The first-order valence-corrected chi connectivity index (χ1v) is 11.5. The van der Waals surface area contributed by atoms with Crippen LogP contribution in [0.4, 0.5) is 0 Å². The van der Waals surface area contributed by atoms with E-state index in [4.69, 9.17) is 9.72 Å². The van der Waals surface area contributed by atoms with E-state index in [9.17, 15) is 9.59 Å². The van der Waals surface area contributed by atoms with Crippen molar-refractivity contribution < 1.29 is 4.74 Å². The van der Waals surface area contributed by atoms with Gasteiger partial charge in [-0.15, -0.1) is 0 Å². The number of nitrogens with zero attached hydrogens (tertiary/aromatic N) is 6. The minimum absolute atomic E-state index is 0.247. The Hall–Kier alpha value is -2.39. The predicted molar refractivity (Wildman–Crippen MR) is 119 cm³/mol. The van der Waals surface area contributed by atoms with Gasteiger partial charge in [0.05, 0.1) is 13.2 Å². The number of aryl methyl sites for hydroxylation is 2. The Labute approximate surface area is 180 Å². The maximum Gasteiger partial charge on any atom is 0.332 e. The summed E-state index contributed by atoms with van der Waals surface area (Å²) in [7, 11) is 1.72. The largest absolute Gasteiger partial charge is 0.379 e. The van der Waals surface area contributed by atoms with Crippen molar-refractivity contribution in [3.8, 4) is 0 Å². The lowest BCUT2D eigenvalue weighted by Gasteiger charge is -2.26. The summed E-state index contributed by atoms with van der Waals surface area (Å²) < 4.78 is 12.6. The van der Waals surface area contributed by atoms with Gasteiger partial charge in [-0.1, -0.05) is 19.3 Å². The highest BCUT2D eigenvalue weighted by Gasteiger charge is 2.26. The Kier molecular flexibility index (Phi) is 5.26. The van der Waals surface area contributed by atoms with Gasteiger partial charge in [-0.2, -0.15) is 4.98 Å². The summed E-state index contributed by atoms with van der Waals surface area (Å²) in [4.78, 5) is 33.6. The van der Waals surface area contributed by atoms with E-state index in [0.717, 1.165) is 43.1 Å². The molecule has 5 rings (SSSR count). The van der Waals surface area contributed by atoms with Gasteiger partial charge in [0.25, 0.3) is 5.56 Å². The average Bonchev–Trinajstić information content (AvgIpc) is 3.29. The molecular weight excluding hydrogens is 396 g/mol. The lowest BCUT2D eigenvalue weighted by atomic mass is 9.95. The van der Waals surface area contributed by atoms with Crippen LogP contribution in [0.1, 0.15) is 49.5 Å². The fourth-order valence-electron chi connectivity index (χ4n) is 5.31. The molecule has 0 unspecified atom stereocenters. The minimum Gasteiger partial charge on any atom is -0.379 e. The Morgan fingerprint density at radius 3 is 2.42 bits per heavy atom. The number of morpholine rings is 1. The number of fused-ring (bicyclic) bond motifs is 3. The average molecular weight is 429 g/mol. The molecule has 1 saturated carbocycles. The third-order valence-electron chi connectivity index (χ3n) is 7.24. The quantitative estimate of drug-likeness (QED) is 0.631. The number of rotatable bonds is 4. The van der Waals surface area contributed by atoms with Crippen LogP contribution in [0.3, 0.4) is 0 Å². The van der Waals surface area contributed by atoms with Crippen LogP contribution >= 0.6 is 0 Å². The first-order valence-electron chi connectivity index (χ1n) is 11.5. The standard InChI is InChI=1S/C22H32N6O3/c1-15-16(2)28-18-19(23-21(28)27(15)17-7-5-4-6-8-17)24(3)22(30)26(20(18)29)10-9-25-11-13-31-14-12-25/h17H,4-14H2,1-3H3. The molecule has 4 heterocycles. The van der Waals surface area contributed by atoms with Gasteiger partial charge in [0, 0.05) is 50.7 Å². The molecular formula is C22H32N6O3. The zero-order valence-electron chi connectivity index (χ0n) is 18.8. The maximum absolute atomic E-state index is 13.5. The summed E-state index contributed by atoms with van der Waals surface area (Å²) in [6.45, 7) is 8.25. The summed E-state index contributed by atoms with van der Waals surface area (Å²) in [5.41, 5.74) is 2.62. The topological polar surface area (TPSA) is 78.7 Å². The summed E-state index contributed by atoms with van der Waals surface area (Å²) >= 11 is 0. The molecule has 0 amide bonds. The van der Waals surface area contributed by atoms with E-state index in [1.807, 2.05) is 11.3 Å². The van der Waals surface area contributed by atoms with Crippen LogP contribution in [0, 0.1) is 13.8 Å². The first kappa shape index (κ1) is 20.5. The summed E-state index contributed by atoms with van der Waals surface area (Å²) in [5.74, 6) is 0.787. The van der Waals surface area contributed by atoms with Gasteiger partial charge in [0.1, 0.15) is 0 Å². The van der Waals surface area contributed by atoms with E-state index < -0.39 is 0 Å². The minimum atomic E-state index is -0.301. The van der Waals surface area contributed by atoms with Crippen LogP contribution in [-0.4, -0.2) is 60.8 Å². The number of ether oxygens (including phenoxy) is 1. The Morgan fingerprint density at radius 1 is 1.00 bits per heavy atom. The highest BCUT2D eigenvalue weighted by molar-refractivity contribution is 5.76. The van der Waals surface area contributed by atoms with Gasteiger partial charge < -0.3 is 9.30 Å². The van der Waals surface area contributed by atoms with Crippen LogP contribution in [0.5, 0.6) is 0 Å². The molecule has 168 valence electrons. The molecule has 2 aliphatic rings. The number of aromatic nitrogens is 5. The summed E-state index contributed by atoms with van der Waals surface area (Å²) in [6, 6.07) is 0.405. The van der Waals surface area contributed by atoms with Crippen molar-refractivity contribution in [1.29, 1.82) is 0 Å². The third-order valence-corrected chi connectivity index (χ3v) is 7.24. The van der Waals surface area contributed by atoms with Crippen molar-refractivity contribution in [3.05, 3.63) is 32.2 Å². The van der Waals surface area contributed by atoms with Crippen molar-refractivity contribution >= 4 is 16.9 Å². The second kappa shape index (κ2) is 7.94. The number of imidazole rings is 2. The summed E-state index contributed by atoms with van der Waals surface area (Å²) in [6.07, 6.45) is 6.00. The van der Waals surface area contributed by atoms with E-state index in [2.05, 4.69) is 16.4 Å². The molecule has 1 aliphatic heterocycles. The van der Waals surface area contributed by atoms with Crippen LogP contribution in [-0.2, 0) is 18.3 Å². The van der Waals surface area contributed by atoms with Crippen LogP contribution in [0.2, 0.25) is 0 Å². The third kappa shape index (κ3) is 3.25. The van der Waals surface area contributed by atoms with Crippen LogP contribution < -0.4 is 11.2 Å². The van der Waals surface area contributed by atoms with Gasteiger partial charge in [-0.25, -0.2) is 4.79 Å². The first-order chi connectivity index (χ1) is 15.0. The Morgan fingerprint density at radius 2 is 1.71 bits per heavy atom. The zero-order chi connectivity index (χ0) is 21.7. The van der Waals surface area contributed by atoms with Gasteiger partial charge in [-0.3, -0.25) is 23.2 Å². The Bertz CT molecular complexity index is 1230. The molecule has 2 fully saturated rings. The molecule has 9 heteroatoms. The molecule has 0 spiro atoms. The van der Waals surface area contributed by atoms with Gasteiger partial charge in [0.2, 0.25) is 5.78 Å². The highest BCUT2D eigenvalue weighted by atomic mass is 16.5. The lowest BCUT2D eigenvalue weighted by molar-refractivity contribution is 0.0361. The number of hydrogen-bond acceptors (Lipinski definition) is 5. The molecule has 3 aromatic heterocycles. The van der Waals surface area contributed by atoms with Crippen molar-refractivity contribution in [3.63, 3.8) is 0 Å². The summed E-state index contributed by atoms with van der Waals surface area (Å²) in [5, 5.41) is 0. The van der Waals surface area contributed by atoms with E-state index in [-0.39, 0.29) is 11.2 Å². The number of hydrogen-bond donors (Lipinski definition) is 0. The molecule has 0 atom stereocenters. The molecule has 1 saturated heterocycles. The molecule has 3 aromatic rings.